The fraction of sp³-hybridized carbons (Fsp3) is 1.00. The van der Waals surface area contributed by atoms with E-state index in [2.05, 4.69) is 34.0 Å². The average molecular weight is 208 g/mol. The van der Waals surface area contributed by atoms with Crippen molar-refractivity contribution in [1.82, 2.24) is 0 Å². The summed E-state index contributed by atoms with van der Waals surface area (Å²) in [6.45, 7) is 9.68. The molecule has 0 aromatic heterocycles. The predicted molar refractivity (Wildman–Crippen MR) is 55.4 cm³/mol. The van der Waals surface area contributed by atoms with Gasteiger partial charge in [0.1, 0.15) is 52.4 Å². The second-order valence-corrected chi connectivity index (χ2v) is 3.65. The van der Waals surface area contributed by atoms with E-state index in [1.807, 2.05) is 0 Å². The van der Waals surface area contributed by atoms with Gasteiger partial charge >= 0.3 is 0 Å². The van der Waals surface area contributed by atoms with Gasteiger partial charge in [-0.1, -0.05) is 0 Å². The van der Waals surface area contributed by atoms with E-state index in [9.17, 15) is 0 Å². The van der Waals surface area contributed by atoms with E-state index in [-0.39, 0.29) is 0 Å². The second kappa shape index (κ2) is 12.8. The van der Waals surface area contributed by atoms with Crippen molar-refractivity contribution in [2.45, 2.75) is 0 Å². The molecule has 0 aliphatic heterocycles. The Hall–Kier alpha value is -0.200. The van der Waals surface area contributed by atoms with Gasteiger partial charge in [0.05, 0.1) is 7.05 Å². The Bertz CT molecular complexity index is 87.2. The van der Waals surface area contributed by atoms with Crippen LogP contribution in [-0.4, -0.2) is 59.4 Å². The molecule has 0 aromatic rings. The van der Waals surface area contributed by atoms with Gasteiger partial charge in [-0.3, -0.25) is 0 Å². The predicted octanol–water partition coefficient (Wildman–Crippen LogP) is -6.89. The summed E-state index contributed by atoms with van der Waals surface area (Å²) in [7, 11) is 2.12. The van der Waals surface area contributed by atoms with Crippen LogP contribution < -0.4 is 27.0 Å². The first-order valence-electron chi connectivity index (χ1n) is 5.94. The molecule has 0 spiro atoms. The van der Waals surface area contributed by atoms with E-state index >= 15 is 0 Å². The van der Waals surface area contributed by atoms with Crippen molar-refractivity contribution in [3.63, 3.8) is 0 Å². The zero-order valence-corrected chi connectivity index (χ0v) is 9.67. The molecule has 0 aliphatic rings. The maximum Gasteiger partial charge on any atom is 0.125 e. The standard InChI is InChI=1S/C9H25N5/c1-11-4-5-13-8-9-14-7-6-12-3-2-10/h11-14H,2-10H2,1H3/p+5. The molecule has 11 N–H and O–H groups in total. The van der Waals surface area contributed by atoms with Crippen molar-refractivity contribution >= 4 is 0 Å². The van der Waals surface area contributed by atoms with Crippen LogP contribution in [0.25, 0.3) is 0 Å². The third-order valence-electron chi connectivity index (χ3n) is 2.22. The lowest BCUT2D eigenvalue weighted by Crippen LogP contribution is -3.00. The molecule has 5 nitrogen and oxygen atoms in total. The van der Waals surface area contributed by atoms with Crippen molar-refractivity contribution in [1.29, 1.82) is 0 Å². The van der Waals surface area contributed by atoms with Crippen LogP contribution in [0.5, 0.6) is 0 Å². The molecule has 0 heterocycles. The lowest BCUT2D eigenvalue weighted by atomic mass is 10.5. The first-order valence-corrected chi connectivity index (χ1v) is 5.94. The summed E-state index contributed by atoms with van der Waals surface area (Å²) in [5.41, 5.74) is 3.81. The Labute approximate surface area is 87.2 Å². The van der Waals surface area contributed by atoms with Crippen molar-refractivity contribution < 1.29 is 27.0 Å². The minimum Gasteiger partial charge on any atom is -0.353 e. The third-order valence-corrected chi connectivity index (χ3v) is 2.22. The van der Waals surface area contributed by atoms with Crippen LogP contribution in [0.15, 0.2) is 0 Å². The largest absolute Gasteiger partial charge is 0.353 e. The molecule has 0 bridgehead atoms. The Morgan fingerprint density at radius 1 is 0.714 bits per heavy atom. The number of rotatable bonds is 11. The Morgan fingerprint density at radius 2 is 1.14 bits per heavy atom. The van der Waals surface area contributed by atoms with Crippen LogP contribution in [0.4, 0.5) is 0 Å². The molecule has 86 valence electrons. The van der Waals surface area contributed by atoms with Crippen LogP contribution in [0, 0.1) is 0 Å². The lowest BCUT2D eigenvalue weighted by molar-refractivity contribution is -0.761. The minimum absolute atomic E-state index is 1.04. The highest BCUT2D eigenvalue weighted by Gasteiger charge is 1.95. The molecule has 0 radical (unpaired) electrons. The van der Waals surface area contributed by atoms with Crippen LogP contribution in [0.1, 0.15) is 0 Å². The van der Waals surface area contributed by atoms with Gasteiger partial charge in [0, 0.05) is 0 Å². The molecular formula is C9H30N5+5. The summed E-state index contributed by atoms with van der Waals surface area (Å²) in [5.74, 6) is 0. The van der Waals surface area contributed by atoms with E-state index in [0.717, 1.165) is 6.54 Å². The van der Waals surface area contributed by atoms with E-state index in [1.54, 1.807) is 0 Å². The molecule has 0 unspecified atom stereocenters. The summed E-state index contributed by atoms with van der Waals surface area (Å²) in [5, 5.41) is 9.38. The Morgan fingerprint density at radius 3 is 1.57 bits per heavy atom. The lowest BCUT2D eigenvalue weighted by Gasteiger charge is -2.00. The summed E-state index contributed by atoms with van der Waals surface area (Å²) >= 11 is 0. The van der Waals surface area contributed by atoms with Crippen LogP contribution >= 0.6 is 0 Å². The van der Waals surface area contributed by atoms with Crippen molar-refractivity contribution in [2.24, 2.45) is 0 Å². The van der Waals surface area contributed by atoms with Gasteiger partial charge in [-0.25, -0.2) is 0 Å². The van der Waals surface area contributed by atoms with Gasteiger partial charge in [0.25, 0.3) is 0 Å². The minimum atomic E-state index is 1.04. The molecule has 0 saturated carbocycles. The molecule has 0 rings (SSSR count). The molecule has 0 aliphatic carbocycles. The first kappa shape index (κ1) is 13.8. The van der Waals surface area contributed by atoms with Crippen molar-refractivity contribution in [3.05, 3.63) is 0 Å². The normalized spacial score (nSPS) is 10.7. The van der Waals surface area contributed by atoms with Gasteiger partial charge < -0.3 is 27.0 Å². The van der Waals surface area contributed by atoms with Gasteiger partial charge in [-0.2, -0.15) is 0 Å². The first-order chi connectivity index (χ1) is 6.91. The van der Waals surface area contributed by atoms with Crippen molar-refractivity contribution in [2.75, 3.05) is 59.4 Å². The summed E-state index contributed by atoms with van der Waals surface area (Å²) in [4.78, 5) is 0. The molecule has 14 heavy (non-hydrogen) atoms. The smallest absolute Gasteiger partial charge is 0.125 e. The van der Waals surface area contributed by atoms with Crippen LogP contribution in [0.3, 0.4) is 0 Å². The second-order valence-electron chi connectivity index (χ2n) is 3.65. The number of hydrogen-bond donors (Lipinski definition) is 5. The molecule has 0 amide bonds. The van der Waals surface area contributed by atoms with Crippen molar-refractivity contribution in [3.8, 4) is 0 Å². The highest BCUT2D eigenvalue weighted by atomic mass is 15.0. The highest BCUT2D eigenvalue weighted by molar-refractivity contribution is 4.20. The number of nitrogens with two attached hydrogens (primary N) is 4. The molecule has 0 aromatic carbocycles. The van der Waals surface area contributed by atoms with Crippen LogP contribution in [-0.2, 0) is 0 Å². The average Bonchev–Trinajstić information content (AvgIpc) is 2.21. The molecule has 5 heteroatoms. The summed E-state index contributed by atoms with van der Waals surface area (Å²) in [6, 6.07) is 0. The fourth-order valence-electron chi connectivity index (χ4n) is 1.33. The van der Waals surface area contributed by atoms with E-state index in [1.165, 1.54) is 45.8 Å². The van der Waals surface area contributed by atoms with Gasteiger partial charge in [0.15, 0.2) is 0 Å². The fourth-order valence-corrected chi connectivity index (χ4v) is 1.33. The number of hydrogen-bond acceptors (Lipinski definition) is 0. The monoisotopic (exact) mass is 208 g/mol. The number of quaternary nitrogens is 5. The maximum atomic E-state index is 3.81. The summed E-state index contributed by atoms with van der Waals surface area (Å²) in [6.07, 6.45) is 0. The Kier molecular flexibility index (Phi) is 12.6. The zero-order valence-electron chi connectivity index (χ0n) is 9.67. The van der Waals surface area contributed by atoms with E-state index in [0.29, 0.717) is 0 Å². The molecular weight excluding hydrogens is 178 g/mol. The van der Waals surface area contributed by atoms with E-state index in [4.69, 9.17) is 0 Å². The highest BCUT2D eigenvalue weighted by Crippen LogP contribution is 1.36. The molecule has 0 saturated heterocycles. The Balaban J connectivity index is 2.78. The zero-order chi connectivity index (χ0) is 10.5. The SMILES string of the molecule is C[NH2+]CC[NH2+]CC[NH2+]CC[NH2+]CC[NH3+]. The van der Waals surface area contributed by atoms with E-state index < -0.39 is 0 Å². The third kappa shape index (κ3) is 11.8. The van der Waals surface area contributed by atoms with Gasteiger partial charge in [-0.15, -0.1) is 0 Å². The molecule has 0 fully saturated rings. The van der Waals surface area contributed by atoms with Gasteiger partial charge in [-0.05, 0) is 0 Å². The maximum absolute atomic E-state index is 3.81. The quantitative estimate of drug-likeness (QED) is 0.209. The van der Waals surface area contributed by atoms with Gasteiger partial charge in [0.2, 0.25) is 0 Å². The van der Waals surface area contributed by atoms with Crippen LogP contribution in [0.2, 0.25) is 0 Å². The summed E-state index contributed by atoms with van der Waals surface area (Å²) < 4.78 is 0. The number of likely N-dealkylation sites (N-methyl/N-ethyl adjacent to an activating group) is 1. The molecule has 0 atom stereocenters. The topological polar surface area (TPSA) is 94.1 Å².